The number of nitriles is 1. The van der Waals surface area contributed by atoms with Crippen molar-refractivity contribution in [3.05, 3.63) is 63.9 Å². The molecule has 0 aliphatic carbocycles. The van der Waals surface area contributed by atoms with Crippen molar-refractivity contribution in [2.45, 2.75) is 6.54 Å². The maximum absolute atomic E-state index is 13.4. The van der Waals surface area contributed by atoms with E-state index in [1.807, 2.05) is 6.07 Å². The molecular formula is C14H8ClF3N2. The summed E-state index contributed by atoms with van der Waals surface area (Å²) >= 11 is 5.95. The van der Waals surface area contributed by atoms with Crippen LogP contribution in [-0.2, 0) is 6.54 Å². The zero-order chi connectivity index (χ0) is 14.7. The van der Waals surface area contributed by atoms with E-state index in [1.54, 1.807) is 12.1 Å². The van der Waals surface area contributed by atoms with Crippen LogP contribution in [0.1, 0.15) is 11.1 Å². The Morgan fingerprint density at radius 1 is 1.05 bits per heavy atom. The van der Waals surface area contributed by atoms with Crippen LogP contribution in [0.2, 0.25) is 5.02 Å². The van der Waals surface area contributed by atoms with Crippen molar-refractivity contribution >= 4 is 17.3 Å². The van der Waals surface area contributed by atoms with Gasteiger partial charge in [0.15, 0.2) is 11.6 Å². The second-order valence-corrected chi connectivity index (χ2v) is 4.42. The molecule has 0 fully saturated rings. The lowest BCUT2D eigenvalue weighted by Gasteiger charge is -2.09. The molecule has 0 saturated carbocycles. The van der Waals surface area contributed by atoms with Gasteiger partial charge in [-0.2, -0.15) is 5.26 Å². The summed E-state index contributed by atoms with van der Waals surface area (Å²) in [5.41, 5.74) is 0.844. The van der Waals surface area contributed by atoms with Crippen LogP contribution in [-0.4, -0.2) is 0 Å². The number of anilines is 1. The topological polar surface area (TPSA) is 35.8 Å². The maximum Gasteiger partial charge on any atom is 0.161 e. The number of rotatable bonds is 3. The van der Waals surface area contributed by atoms with E-state index in [4.69, 9.17) is 16.9 Å². The molecule has 0 spiro atoms. The highest BCUT2D eigenvalue weighted by atomic mass is 35.5. The Kier molecular flexibility index (Phi) is 4.16. The first-order valence-corrected chi connectivity index (χ1v) is 5.96. The fourth-order valence-corrected chi connectivity index (χ4v) is 1.86. The van der Waals surface area contributed by atoms with Crippen LogP contribution in [0.5, 0.6) is 0 Å². The van der Waals surface area contributed by atoms with Gasteiger partial charge in [-0.25, -0.2) is 13.2 Å². The molecule has 2 aromatic carbocycles. The minimum absolute atomic E-state index is 0.118. The van der Waals surface area contributed by atoms with Crippen molar-refractivity contribution in [1.82, 2.24) is 0 Å². The van der Waals surface area contributed by atoms with Gasteiger partial charge in [0, 0.05) is 23.7 Å². The Labute approximate surface area is 118 Å². The molecule has 0 bridgehead atoms. The molecule has 0 atom stereocenters. The van der Waals surface area contributed by atoms with Crippen molar-refractivity contribution in [2.24, 2.45) is 0 Å². The molecule has 102 valence electrons. The molecule has 0 saturated heterocycles. The van der Waals surface area contributed by atoms with Gasteiger partial charge in [-0.05, 0) is 17.7 Å². The number of benzene rings is 2. The number of nitrogens with zero attached hydrogens (tertiary/aromatic N) is 1. The number of nitrogens with one attached hydrogen (secondary N) is 1. The van der Waals surface area contributed by atoms with Gasteiger partial charge in [-0.3, -0.25) is 0 Å². The first kappa shape index (κ1) is 14.2. The highest BCUT2D eigenvalue weighted by Gasteiger charge is 2.10. The van der Waals surface area contributed by atoms with Gasteiger partial charge in [-0.1, -0.05) is 17.7 Å². The lowest BCUT2D eigenvalue weighted by atomic mass is 10.1. The Balaban J connectivity index is 2.17. The summed E-state index contributed by atoms with van der Waals surface area (Å²) in [6.07, 6.45) is 0. The lowest BCUT2D eigenvalue weighted by Crippen LogP contribution is -2.03. The standard InChI is InChI=1S/C14H8ClF3N2/c15-10-3-8(6-19)1-2-9(10)7-20-14-5-12(17)11(16)4-13(14)18/h1-5,20H,7H2. The van der Waals surface area contributed by atoms with Gasteiger partial charge in [0.1, 0.15) is 5.82 Å². The normalized spacial score (nSPS) is 10.2. The van der Waals surface area contributed by atoms with E-state index in [2.05, 4.69) is 5.32 Å². The van der Waals surface area contributed by atoms with Gasteiger partial charge in [0.05, 0.1) is 17.3 Å². The van der Waals surface area contributed by atoms with E-state index in [9.17, 15) is 13.2 Å². The largest absolute Gasteiger partial charge is 0.378 e. The molecule has 0 aliphatic rings. The third-order valence-corrected chi connectivity index (χ3v) is 3.01. The average Bonchev–Trinajstić information content (AvgIpc) is 2.42. The first-order chi connectivity index (χ1) is 9.51. The van der Waals surface area contributed by atoms with E-state index in [0.29, 0.717) is 22.2 Å². The second-order valence-electron chi connectivity index (χ2n) is 4.02. The number of hydrogen-bond donors (Lipinski definition) is 1. The van der Waals surface area contributed by atoms with E-state index in [1.165, 1.54) is 6.07 Å². The summed E-state index contributed by atoms with van der Waals surface area (Å²) in [7, 11) is 0. The number of halogens is 4. The van der Waals surface area contributed by atoms with Crippen LogP contribution >= 0.6 is 11.6 Å². The van der Waals surface area contributed by atoms with Crippen molar-refractivity contribution in [2.75, 3.05) is 5.32 Å². The van der Waals surface area contributed by atoms with E-state index >= 15 is 0 Å². The predicted octanol–water partition coefficient (Wildman–Crippen LogP) is 4.24. The van der Waals surface area contributed by atoms with Gasteiger partial charge in [0.25, 0.3) is 0 Å². The predicted molar refractivity (Wildman–Crippen MR) is 69.8 cm³/mol. The quantitative estimate of drug-likeness (QED) is 0.860. The van der Waals surface area contributed by atoms with Gasteiger partial charge in [-0.15, -0.1) is 0 Å². The molecule has 2 rings (SSSR count). The summed E-state index contributed by atoms with van der Waals surface area (Å²) in [6.45, 7) is 0.118. The highest BCUT2D eigenvalue weighted by Crippen LogP contribution is 2.22. The molecule has 0 aromatic heterocycles. The molecule has 0 heterocycles. The van der Waals surface area contributed by atoms with E-state index < -0.39 is 17.5 Å². The molecule has 0 unspecified atom stereocenters. The molecule has 0 amide bonds. The monoisotopic (exact) mass is 296 g/mol. The lowest BCUT2D eigenvalue weighted by molar-refractivity contribution is 0.496. The van der Waals surface area contributed by atoms with Crippen LogP contribution in [0.4, 0.5) is 18.9 Å². The van der Waals surface area contributed by atoms with Gasteiger partial charge < -0.3 is 5.32 Å². The van der Waals surface area contributed by atoms with Crippen LogP contribution in [0.25, 0.3) is 0 Å². The third kappa shape index (κ3) is 3.03. The third-order valence-electron chi connectivity index (χ3n) is 2.66. The van der Waals surface area contributed by atoms with Crippen LogP contribution in [0, 0.1) is 28.8 Å². The summed E-state index contributed by atoms with van der Waals surface area (Å²) in [5.74, 6) is -3.28. The summed E-state index contributed by atoms with van der Waals surface area (Å²) in [4.78, 5) is 0. The Morgan fingerprint density at radius 3 is 2.40 bits per heavy atom. The molecule has 20 heavy (non-hydrogen) atoms. The fraction of sp³-hybridized carbons (Fsp3) is 0.0714. The molecule has 0 aliphatic heterocycles. The average molecular weight is 297 g/mol. The minimum Gasteiger partial charge on any atom is -0.378 e. The molecule has 2 aromatic rings. The van der Waals surface area contributed by atoms with Crippen LogP contribution in [0.15, 0.2) is 30.3 Å². The maximum atomic E-state index is 13.4. The van der Waals surface area contributed by atoms with Crippen LogP contribution < -0.4 is 5.32 Å². The molecular weight excluding hydrogens is 289 g/mol. The zero-order valence-electron chi connectivity index (χ0n) is 10.1. The summed E-state index contributed by atoms with van der Waals surface area (Å²) in [6, 6.07) is 7.78. The Bertz CT molecular complexity index is 696. The van der Waals surface area contributed by atoms with Crippen molar-refractivity contribution < 1.29 is 13.2 Å². The smallest absolute Gasteiger partial charge is 0.161 e. The zero-order valence-corrected chi connectivity index (χ0v) is 10.8. The molecule has 0 radical (unpaired) electrons. The SMILES string of the molecule is N#Cc1ccc(CNc2cc(F)c(F)cc2F)c(Cl)c1. The van der Waals surface area contributed by atoms with Gasteiger partial charge >= 0.3 is 0 Å². The second kappa shape index (κ2) is 5.85. The summed E-state index contributed by atoms with van der Waals surface area (Å²) < 4.78 is 39.2. The molecule has 6 heteroatoms. The number of hydrogen-bond acceptors (Lipinski definition) is 2. The van der Waals surface area contributed by atoms with E-state index in [-0.39, 0.29) is 12.2 Å². The molecule has 2 nitrogen and oxygen atoms in total. The first-order valence-electron chi connectivity index (χ1n) is 5.58. The van der Waals surface area contributed by atoms with Crippen LogP contribution in [0.3, 0.4) is 0 Å². The fourth-order valence-electron chi connectivity index (χ4n) is 1.61. The van der Waals surface area contributed by atoms with Gasteiger partial charge in [0.2, 0.25) is 0 Å². The van der Waals surface area contributed by atoms with Crippen molar-refractivity contribution in [1.29, 1.82) is 5.26 Å². The van der Waals surface area contributed by atoms with Crippen molar-refractivity contribution in [3.8, 4) is 6.07 Å². The molecule has 1 N–H and O–H groups in total. The minimum atomic E-state index is -1.25. The van der Waals surface area contributed by atoms with Crippen molar-refractivity contribution in [3.63, 3.8) is 0 Å². The Morgan fingerprint density at radius 2 is 1.75 bits per heavy atom. The van der Waals surface area contributed by atoms with E-state index in [0.717, 1.165) is 6.07 Å². The highest BCUT2D eigenvalue weighted by molar-refractivity contribution is 6.31. The Hall–Kier alpha value is -2.19. The summed E-state index contributed by atoms with van der Waals surface area (Å²) in [5, 5.41) is 11.7.